The molecule has 1 aliphatic heterocycles. The fourth-order valence-corrected chi connectivity index (χ4v) is 1.57. The maximum atomic E-state index is 5.58. The van der Waals surface area contributed by atoms with Crippen molar-refractivity contribution >= 4 is 0 Å². The molecule has 0 spiro atoms. The molecule has 2 rings (SSSR count). The summed E-state index contributed by atoms with van der Waals surface area (Å²) in [6.45, 7) is 0.959. The minimum Gasteiger partial charge on any atom is -0.497 e. The monoisotopic (exact) mass is 209 g/mol. The lowest BCUT2D eigenvalue weighted by Crippen LogP contribution is -2.20. The third-order valence-electron chi connectivity index (χ3n) is 2.43. The van der Waals surface area contributed by atoms with Gasteiger partial charge in [-0.25, -0.2) is 0 Å². The predicted octanol–water partition coefficient (Wildman–Crippen LogP) is 1.07. The zero-order valence-electron chi connectivity index (χ0n) is 8.68. The van der Waals surface area contributed by atoms with Gasteiger partial charge in [-0.05, 0) is 17.7 Å². The van der Waals surface area contributed by atoms with E-state index in [1.54, 1.807) is 7.11 Å². The van der Waals surface area contributed by atoms with Crippen molar-refractivity contribution in [2.75, 3.05) is 20.3 Å². The van der Waals surface area contributed by atoms with Crippen molar-refractivity contribution in [2.24, 2.45) is 5.73 Å². The van der Waals surface area contributed by atoms with Crippen LogP contribution in [0, 0.1) is 0 Å². The van der Waals surface area contributed by atoms with Gasteiger partial charge in [0.1, 0.15) is 11.9 Å². The van der Waals surface area contributed by atoms with Crippen molar-refractivity contribution in [3.05, 3.63) is 29.8 Å². The van der Waals surface area contributed by atoms with Gasteiger partial charge in [-0.1, -0.05) is 12.1 Å². The van der Waals surface area contributed by atoms with Gasteiger partial charge in [0.25, 0.3) is 0 Å². The number of hydrogen-bond acceptors (Lipinski definition) is 4. The van der Waals surface area contributed by atoms with Crippen molar-refractivity contribution in [1.29, 1.82) is 0 Å². The molecule has 15 heavy (non-hydrogen) atoms. The first kappa shape index (κ1) is 10.4. The van der Waals surface area contributed by atoms with Crippen molar-refractivity contribution < 1.29 is 14.2 Å². The number of nitrogens with two attached hydrogens (primary N) is 1. The third-order valence-corrected chi connectivity index (χ3v) is 2.43. The molecule has 0 saturated carbocycles. The molecule has 4 nitrogen and oxygen atoms in total. The summed E-state index contributed by atoms with van der Waals surface area (Å²) in [6.07, 6.45) is -0.276. The second-order valence-corrected chi connectivity index (χ2v) is 3.40. The van der Waals surface area contributed by atoms with E-state index >= 15 is 0 Å². The lowest BCUT2D eigenvalue weighted by Gasteiger charge is -2.10. The Bertz CT molecular complexity index is 312. The average molecular weight is 209 g/mol. The average Bonchev–Trinajstić information content (AvgIpc) is 2.78. The number of hydrogen-bond donors (Lipinski definition) is 1. The number of benzene rings is 1. The minimum absolute atomic E-state index is 0.00976. The Morgan fingerprint density at radius 3 is 2.67 bits per heavy atom. The van der Waals surface area contributed by atoms with Crippen LogP contribution in [0.1, 0.15) is 11.7 Å². The van der Waals surface area contributed by atoms with E-state index in [0.717, 1.165) is 11.3 Å². The van der Waals surface area contributed by atoms with Crippen LogP contribution in [-0.2, 0) is 9.47 Å². The Balaban J connectivity index is 2.04. The first-order valence-corrected chi connectivity index (χ1v) is 4.94. The van der Waals surface area contributed by atoms with E-state index in [-0.39, 0.29) is 12.4 Å². The highest BCUT2D eigenvalue weighted by molar-refractivity contribution is 5.28. The summed E-state index contributed by atoms with van der Waals surface area (Å²) in [7, 11) is 1.65. The van der Waals surface area contributed by atoms with Crippen molar-refractivity contribution in [3.63, 3.8) is 0 Å². The Kier molecular flexibility index (Phi) is 3.20. The Morgan fingerprint density at radius 1 is 1.40 bits per heavy atom. The summed E-state index contributed by atoms with van der Waals surface area (Å²) in [6, 6.07) is 7.78. The molecule has 2 atom stereocenters. The quantitative estimate of drug-likeness (QED) is 0.809. The van der Waals surface area contributed by atoms with Crippen LogP contribution in [0.15, 0.2) is 24.3 Å². The molecular weight excluding hydrogens is 194 g/mol. The van der Waals surface area contributed by atoms with Crippen LogP contribution in [0.4, 0.5) is 0 Å². The first-order valence-electron chi connectivity index (χ1n) is 4.94. The minimum atomic E-state index is -0.267. The van der Waals surface area contributed by atoms with Gasteiger partial charge in [-0.2, -0.15) is 0 Å². The number of ether oxygens (including phenoxy) is 3. The summed E-state index contributed by atoms with van der Waals surface area (Å²) in [5, 5.41) is 0. The summed E-state index contributed by atoms with van der Waals surface area (Å²) in [4.78, 5) is 0. The van der Waals surface area contributed by atoms with Crippen LogP contribution in [0.3, 0.4) is 0 Å². The molecule has 1 aliphatic rings. The van der Waals surface area contributed by atoms with Crippen LogP contribution in [0.5, 0.6) is 5.75 Å². The van der Waals surface area contributed by atoms with Crippen LogP contribution in [0.25, 0.3) is 0 Å². The zero-order chi connectivity index (χ0) is 10.7. The molecule has 1 heterocycles. The topological polar surface area (TPSA) is 53.7 Å². The Labute approximate surface area is 88.9 Å². The summed E-state index contributed by atoms with van der Waals surface area (Å²) < 4.78 is 16.0. The van der Waals surface area contributed by atoms with Gasteiger partial charge in [-0.3, -0.25) is 0 Å². The van der Waals surface area contributed by atoms with Gasteiger partial charge in [-0.15, -0.1) is 0 Å². The molecule has 1 aromatic rings. The van der Waals surface area contributed by atoms with Gasteiger partial charge in [0.05, 0.1) is 13.7 Å². The molecule has 0 bridgehead atoms. The zero-order valence-corrected chi connectivity index (χ0v) is 8.68. The second-order valence-electron chi connectivity index (χ2n) is 3.40. The molecule has 1 aromatic carbocycles. The van der Waals surface area contributed by atoms with E-state index in [2.05, 4.69) is 0 Å². The van der Waals surface area contributed by atoms with Crippen LogP contribution in [-0.4, -0.2) is 26.6 Å². The lowest BCUT2D eigenvalue weighted by atomic mass is 10.1. The molecule has 4 heteroatoms. The Hall–Kier alpha value is -1.10. The van der Waals surface area contributed by atoms with Crippen LogP contribution >= 0.6 is 0 Å². The largest absolute Gasteiger partial charge is 0.497 e. The second kappa shape index (κ2) is 4.61. The SMILES string of the molecule is COc1ccc(C2COC(CN)O2)cc1. The number of rotatable bonds is 3. The first-order chi connectivity index (χ1) is 7.33. The molecule has 2 N–H and O–H groups in total. The van der Waals surface area contributed by atoms with Gasteiger partial charge in [0, 0.05) is 6.54 Å². The standard InChI is InChI=1S/C11H15NO3/c1-13-9-4-2-8(3-5-9)10-7-14-11(6-12)15-10/h2-5,10-11H,6-7,12H2,1H3. The van der Waals surface area contributed by atoms with Gasteiger partial charge < -0.3 is 19.9 Å². The molecule has 82 valence electrons. The highest BCUT2D eigenvalue weighted by atomic mass is 16.7. The third kappa shape index (κ3) is 2.28. The molecule has 1 fully saturated rings. The van der Waals surface area contributed by atoms with E-state index in [9.17, 15) is 0 Å². The molecule has 1 saturated heterocycles. The van der Waals surface area contributed by atoms with E-state index < -0.39 is 0 Å². The predicted molar refractivity (Wildman–Crippen MR) is 55.6 cm³/mol. The molecule has 2 unspecified atom stereocenters. The normalized spacial score (nSPS) is 25.5. The van der Waals surface area contributed by atoms with E-state index in [0.29, 0.717) is 13.2 Å². The Morgan fingerprint density at radius 2 is 2.13 bits per heavy atom. The molecule has 0 amide bonds. The summed E-state index contributed by atoms with van der Waals surface area (Å²) >= 11 is 0. The fraction of sp³-hybridized carbons (Fsp3) is 0.455. The van der Waals surface area contributed by atoms with E-state index in [4.69, 9.17) is 19.9 Å². The molecule has 0 aliphatic carbocycles. The fourth-order valence-electron chi connectivity index (χ4n) is 1.57. The maximum absolute atomic E-state index is 5.58. The molecular formula is C11H15NO3. The van der Waals surface area contributed by atoms with Crippen molar-refractivity contribution in [1.82, 2.24) is 0 Å². The van der Waals surface area contributed by atoms with E-state index in [1.807, 2.05) is 24.3 Å². The molecule has 0 aromatic heterocycles. The summed E-state index contributed by atoms with van der Waals surface area (Å²) in [5.41, 5.74) is 6.54. The number of methoxy groups -OCH3 is 1. The lowest BCUT2D eigenvalue weighted by molar-refractivity contribution is -0.0497. The van der Waals surface area contributed by atoms with Gasteiger partial charge >= 0.3 is 0 Å². The van der Waals surface area contributed by atoms with E-state index in [1.165, 1.54) is 0 Å². The highest BCUT2D eigenvalue weighted by Crippen LogP contribution is 2.27. The van der Waals surface area contributed by atoms with Crippen molar-refractivity contribution in [3.8, 4) is 5.75 Å². The summed E-state index contributed by atoms with van der Waals surface area (Å²) in [5.74, 6) is 0.841. The smallest absolute Gasteiger partial charge is 0.170 e. The van der Waals surface area contributed by atoms with Gasteiger partial charge in [0.2, 0.25) is 0 Å². The van der Waals surface area contributed by atoms with Crippen LogP contribution < -0.4 is 10.5 Å². The maximum Gasteiger partial charge on any atom is 0.170 e. The highest BCUT2D eigenvalue weighted by Gasteiger charge is 2.25. The van der Waals surface area contributed by atoms with Gasteiger partial charge in [0.15, 0.2) is 6.29 Å². The van der Waals surface area contributed by atoms with Crippen LogP contribution in [0.2, 0.25) is 0 Å². The van der Waals surface area contributed by atoms with Crippen molar-refractivity contribution in [2.45, 2.75) is 12.4 Å². The molecule has 0 radical (unpaired) electrons.